The van der Waals surface area contributed by atoms with Crippen molar-refractivity contribution in [3.05, 3.63) is 54.0 Å². The summed E-state index contributed by atoms with van der Waals surface area (Å²) in [5.74, 6) is 2.71. The second-order valence-corrected chi connectivity index (χ2v) is 7.12. The lowest BCUT2D eigenvalue weighted by Crippen LogP contribution is -2.38. The maximum atomic E-state index is 4.65. The normalized spacial score (nSPS) is 15.6. The molecule has 1 saturated heterocycles. The first-order valence-electron chi connectivity index (χ1n) is 9.79. The summed E-state index contributed by atoms with van der Waals surface area (Å²) in [5.41, 5.74) is 2.23. The number of hydrogen-bond acceptors (Lipinski definition) is 4. The summed E-state index contributed by atoms with van der Waals surface area (Å²) < 4.78 is 0. The topological polar surface area (TPSA) is 65.4 Å². The summed E-state index contributed by atoms with van der Waals surface area (Å²) in [6.07, 6.45) is 7.16. The van der Waals surface area contributed by atoms with E-state index in [0.717, 1.165) is 55.0 Å². The molecule has 0 amide bonds. The predicted octanol–water partition coefficient (Wildman–Crippen LogP) is 2.62. The minimum Gasteiger partial charge on any atom is -0.357 e. The number of aromatic nitrogens is 2. The van der Waals surface area contributed by atoms with E-state index in [1.165, 1.54) is 12.8 Å². The molecule has 1 aliphatic rings. The fourth-order valence-corrected chi connectivity index (χ4v) is 3.21. The van der Waals surface area contributed by atoms with E-state index in [1.54, 1.807) is 7.05 Å². The number of rotatable bonds is 6. The van der Waals surface area contributed by atoms with Gasteiger partial charge in [0.2, 0.25) is 0 Å². The maximum Gasteiger partial charge on any atom is 0.191 e. The van der Waals surface area contributed by atoms with Crippen LogP contribution in [0, 0.1) is 5.92 Å². The van der Waals surface area contributed by atoms with Crippen molar-refractivity contribution < 1.29 is 0 Å². The number of aliphatic imine (C=N–C) groups is 1. The number of guanidine groups is 1. The van der Waals surface area contributed by atoms with Crippen LogP contribution in [0.5, 0.6) is 0 Å². The Hall–Kier alpha value is -2.63. The molecule has 1 fully saturated rings. The Morgan fingerprint density at radius 1 is 1.15 bits per heavy atom. The summed E-state index contributed by atoms with van der Waals surface area (Å²) in [6.45, 7) is 6.04. The smallest absolute Gasteiger partial charge is 0.191 e. The van der Waals surface area contributed by atoms with Gasteiger partial charge in [0, 0.05) is 57.7 Å². The molecule has 0 aliphatic carbocycles. The Labute approximate surface area is 162 Å². The molecule has 3 heterocycles. The fraction of sp³-hybridized carbons (Fsp3) is 0.476. The highest BCUT2D eigenvalue weighted by Crippen LogP contribution is 2.21. The maximum absolute atomic E-state index is 4.65. The SMILES string of the molecule is CN=C(NCCc1ccccn1)NCc1ccc(N2CCC(C)CC2)nc1. The average molecular weight is 367 g/mol. The summed E-state index contributed by atoms with van der Waals surface area (Å²) >= 11 is 0. The van der Waals surface area contributed by atoms with Crippen LogP contribution in [-0.4, -0.2) is 42.6 Å². The Balaban J connectivity index is 1.42. The first-order valence-corrected chi connectivity index (χ1v) is 9.79. The number of nitrogens with zero attached hydrogens (tertiary/aromatic N) is 4. The van der Waals surface area contributed by atoms with Crippen molar-refractivity contribution >= 4 is 11.8 Å². The molecular formula is C21H30N6. The molecule has 1 aliphatic heterocycles. The summed E-state index contributed by atoms with van der Waals surface area (Å²) in [4.78, 5) is 15.6. The van der Waals surface area contributed by atoms with Gasteiger partial charge in [-0.1, -0.05) is 19.1 Å². The van der Waals surface area contributed by atoms with E-state index in [0.29, 0.717) is 6.54 Å². The van der Waals surface area contributed by atoms with Gasteiger partial charge >= 0.3 is 0 Å². The van der Waals surface area contributed by atoms with E-state index in [1.807, 2.05) is 30.6 Å². The number of hydrogen-bond donors (Lipinski definition) is 2. The monoisotopic (exact) mass is 366 g/mol. The van der Waals surface area contributed by atoms with Crippen LogP contribution in [0.1, 0.15) is 31.0 Å². The third kappa shape index (κ3) is 5.94. The number of piperidine rings is 1. The van der Waals surface area contributed by atoms with Crippen LogP contribution in [0.4, 0.5) is 5.82 Å². The van der Waals surface area contributed by atoms with Crippen molar-refractivity contribution in [2.24, 2.45) is 10.9 Å². The van der Waals surface area contributed by atoms with E-state index >= 15 is 0 Å². The molecule has 0 unspecified atom stereocenters. The highest BCUT2D eigenvalue weighted by Gasteiger charge is 2.16. The van der Waals surface area contributed by atoms with Gasteiger partial charge in [0.15, 0.2) is 5.96 Å². The molecule has 0 radical (unpaired) electrons. The second kappa shape index (κ2) is 9.90. The van der Waals surface area contributed by atoms with Crippen LogP contribution < -0.4 is 15.5 Å². The van der Waals surface area contributed by atoms with Crippen molar-refractivity contribution in [1.82, 2.24) is 20.6 Å². The quantitative estimate of drug-likeness (QED) is 0.608. The van der Waals surface area contributed by atoms with E-state index in [9.17, 15) is 0 Å². The van der Waals surface area contributed by atoms with Gasteiger partial charge in [-0.3, -0.25) is 9.98 Å². The molecule has 6 heteroatoms. The van der Waals surface area contributed by atoms with Gasteiger partial charge in [-0.25, -0.2) is 4.98 Å². The van der Waals surface area contributed by atoms with Crippen molar-refractivity contribution in [2.45, 2.75) is 32.7 Å². The lowest BCUT2D eigenvalue weighted by Gasteiger charge is -2.31. The molecule has 144 valence electrons. The zero-order valence-electron chi connectivity index (χ0n) is 16.4. The largest absolute Gasteiger partial charge is 0.357 e. The van der Waals surface area contributed by atoms with Gasteiger partial charge < -0.3 is 15.5 Å². The van der Waals surface area contributed by atoms with Crippen LogP contribution in [-0.2, 0) is 13.0 Å². The van der Waals surface area contributed by atoms with Gasteiger partial charge in [0.25, 0.3) is 0 Å². The zero-order valence-corrected chi connectivity index (χ0v) is 16.4. The van der Waals surface area contributed by atoms with E-state index in [2.05, 4.69) is 49.6 Å². The van der Waals surface area contributed by atoms with Gasteiger partial charge in [-0.15, -0.1) is 0 Å². The van der Waals surface area contributed by atoms with E-state index in [-0.39, 0.29) is 0 Å². The van der Waals surface area contributed by atoms with E-state index < -0.39 is 0 Å². The minimum absolute atomic E-state index is 0.702. The van der Waals surface area contributed by atoms with Crippen LogP contribution in [0.15, 0.2) is 47.7 Å². The van der Waals surface area contributed by atoms with Crippen molar-refractivity contribution in [2.75, 3.05) is 31.6 Å². The molecule has 0 bridgehead atoms. The lowest BCUT2D eigenvalue weighted by molar-refractivity contribution is 0.436. The summed E-state index contributed by atoms with van der Waals surface area (Å²) in [5, 5.41) is 6.67. The molecule has 2 N–H and O–H groups in total. The molecule has 0 aromatic carbocycles. The Morgan fingerprint density at radius 2 is 2.00 bits per heavy atom. The van der Waals surface area contributed by atoms with Crippen molar-refractivity contribution in [3.63, 3.8) is 0 Å². The van der Waals surface area contributed by atoms with Crippen LogP contribution in [0.3, 0.4) is 0 Å². The molecule has 0 spiro atoms. The molecule has 27 heavy (non-hydrogen) atoms. The molecular weight excluding hydrogens is 336 g/mol. The standard InChI is InChI=1S/C21H30N6/c1-17-9-13-27(14-10-17)20-7-6-18(15-25-20)16-26-21(22-2)24-12-8-19-5-3-4-11-23-19/h3-7,11,15,17H,8-10,12-14,16H2,1-2H3,(H2,22,24,26). The van der Waals surface area contributed by atoms with E-state index in [4.69, 9.17) is 0 Å². The second-order valence-electron chi connectivity index (χ2n) is 7.12. The zero-order chi connectivity index (χ0) is 18.9. The molecule has 0 atom stereocenters. The first-order chi connectivity index (χ1) is 13.2. The highest BCUT2D eigenvalue weighted by atomic mass is 15.2. The fourth-order valence-electron chi connectivity index (χ4n) is 3.21. The Kier molecular flexibility index (Phi) is 7.02. The Bertz CT molecular complexity index is 705. The Morgan fingerprint density at radius 3 is 2.67 bits per heavy atom. The molecule has 6 nitrogen and oxygen atoms in total. The highest BCUT2D eigenvalue weighted by molar-refractivity contribution is 5.79. The van der Waals surface area contributed by atoms with Crippen LogP contribution in [0.2, 0.25) is 0 Å². The van der Waals surface area contributed by atoms with Crippen LogP contribution >= 0.6 is 0 Å². The van der Waals surface area contributed by atoms with Gasteiger partial charge in [0.05, 0.1) is 0 Å². The van der Waals surface area contributed by atoms with Crippen LogP contribution in [0.25, 0.3) is 0 Å². The lowest BCUT2D eigenvalue weighted by atomic mass is 9.99. The van der Waals surface area contributed by atoms with Gasteiger partial charge in [0.1, 0.15) is 5.82 Å². The minimum atomic E-state index is 0.702. The molecule has 2 aromatic heterocycles. The number of anilines is 1. The van der Waals surface area contributed by atoms with Gasteiger partial charge in [-0.05, 0) is 42.5 Å². The predicted molar refractivity (Wildman–Crippen MR) is 111 cm³/mol. The average Bonchev–Trinajstić information content (AvgIpc) is 2.72. The molecule has 0 saturated carbocycles. The third-order valence-electron chi connectivity index (χ3n) is 5.00. The van der Waals surface area contributed by atoms with Crippen molar-refractivity contribution in [3.8, 4) is 0 Å². The van der Waals surface area contributed by atoms with Gasteiger partial charge in [-0.2, -0.15) is 0 Å². The number of nitrogens with one attached hydrogen (secondary N) is 2. The summed E-state index contributed by atoms with van der Waals surface area (Å²) in [6, 6.07) is 10.3. The first kappa shape index (κ1) is 19.1. The third-order valence-corrected chi connectivity index (χ3v) is 5.00. The summed E-state index contributed by atoms with van der Waals surface area (Å²) in [7, 11) is 1.79. The number of pyridine rings is 2. The molecule has 2 aromatic rings. The van der Waals surface area contributed by atoms with Crippen molar-refractivity contribution in [1.29, 1.82) is 0 Å². The molecule has 3 rings (SSSR count).